The van der Waals surface area contributed by atoms with Gasteiger partial charge in [0.2, 0.25) is 0 Å². The highest BCUT2D eigenvalue weighted by Gasteiger charge is 2.09. The average Bonchev–Trinajstić information content (AvgIpc) is 2.62. The Morgan fingerprint density at radius 1 is 1.04 bits per heavy atom. The van der Waals surface area contributed by atoms with E-state index in [9.17, 15) is 4.79 Å². The Bertz CT molecular complexity index is 650. The molecular formula is C19H26N4O2. The first-order chi connectivity index (χ1) is 12.1. The molecule has 1 aromatic carbocycles. The van der Waals surface area contributed by atoms with E-state index in [1.165, 1.54) is 0 Å². The maximum atomic E-state index is 12.0. The molecule has 1 N–H and O–H groups in total. The van der Waals surface area contributed by atoms with Gasteiger partial charge in [-0.2, -0.15) is 0 Å². The first kappa shape index (κ1) is 18.7. The highest BCUT2D eigenvalue weighted by Crippen LogP contribution is 2.14. The largest absolute Gasteiger partial charge is 0.484 e. The number of nitrogens with zero attached hydrogens (tertiary/aromatic N) is 3. The van der Waals surface area contributed by atoms with Gasteiger partial charge in [0.05, 0.1) is 0 Å². The van der Waals surface area contributed by atoms with Crippen LogP contribution in [0.4, 0.5) is 11.6 Å². The fraction of sp³-hybridized carbons (Fsp3) is 0.421. The number of nitrogens with one attached hydrogen (secondary N) is 1. The molecule has 1 amide bonds. The van der Waals surface area contributed by atoms with Gasteiger partial charge in [-0.1, -0.05) is 31.5 Å². The molecule has 0 aliphatic heterocycles. The minimum absolute atomic E-state index is 0.0652. The number of anilines is 2. The van der Waals surface area contributed by atoms with Gasteiger partial charge < -0.3 is 15.0 Å². The molecule has 1 heterocycles. The van der Waals surface area contributed by atoms with Gasteiger partial charge in [0.25, 0.3) is 5.91 Å². The minimum atomic E-state index is -0.262. The molecule has 134 valence electrons. The van der Waals surface area contributed by atoms with Crippen molar-refractivity contribution in [2.75, 3.05) is 29.9 Å². The van der Waals surface area contributed by atoms with Crippen molar-refractivity contribution < 1.29 is 9.53 Å². The third-order valence-corrected chi connectivity index (χ3v) is 3.62. The molecule has 0 aliphatic carbocycles. The smallest absolute Gasteiger partial charge is 0.263 e. The van der Waals surface area contributed by atoms with Gasteiger partial charge in [-0.25, -0.2) is 0 Å². The molecule has 0 spiro atoms. The van der Waals surface area contributed by atoms with Crippen molar-refractivity contribution in [1.82, 2.24) is 10.2 Å². The molecule has 2 aromatic rings. The van der Waals surface area contributed by atoms with Crippen LogP contribution in [-0.2, 0) is 4.79 Å². The summed E-state index contributed by atoms with van der Waals surface area (Å²) in [5.41, 5.74) is 1.15. The quantitative estimate of drug-likeness (QED) is 0.756. The molecule has 0 aliphatic rings. The molecule has 0 bridgehead atoms. The van der Waals surface area contributed by atoms with Gasteiger partial charge in [-0.15, -0.1) is 10.2 Å². The second-order valence-electron chi connectivity index (χ2n) is 5.91. The van der Waals surface area contributed by atoms with Crippen LogP contribution in [0.1, 0.15) is 32.3 Å². The van der Waals surface area contributed by atoms with E-state index >= 15 is 0 Å². The Balaban J connectivity index is 1.87. The van der Waals surface area contributed by atoms with Crippen LogP contribution in [0.5, 0.6) is 5.75 Å². The van der Waals surface area contributed by atoms with E-state index in [0.29, 0.717) is 11.6 Å². The Kier molecular flexibility index (Phi) is 7.19. The molecule has 25 heavy (non-hydrogen) atoms. The van der Waals surface area contributed by atoms with Crippen LogP contribution < -0.4 is 15.0 Å². The molecule has 0 fully saturated rings. The first-order valence-electron chi connectivity index (χ1n) is 8.70. The van der Waals surface area contributed by atoms with Gasteiger partial charge in [-0.05, 0) is 44.0 Å². The molecule has 2 rings (SSSR count). The average molecular weight is 342 g/mol. The zero-order valence-corrected chi connectivity index (χ0v) is 15.2. The van der Waals surface area contributed by atoms with Crippen molar-refractivity contribution in [2.45, 2.75) is 33.6 Å². The fourth-order valence-electron chi connectivity index (χ4n) is 2.40. The van der Waals surface area contributed by atoms with E-state index in [0.717, 1.165) is 37.3 Å². The number of rotatable bonds is 9. The number of amides is 1. The lowest BCUT2D eigenvalue weighted by molar-refractivity contribution is -0.118. The van der Waals surface area contributed by atoms with E-state index in [1.807, 2.05) is 37.3 Å². The van der Waals surface area contributed by atoms with Gasteiger partial charge in [0.1, 0.15) is 5.75 Å². The van der Waals surface area contributed by atoms with Crippen molar-refractivity contribution in [1.29, 1.82) is 0 Å². The van der Waals surface area contributed by atoms with Crippen molar-refractivity contribution in [3.8, 4) is 5.75 Å². The zero-order chi connectivity index (χ0) is 18.1. The van der Waals surface area contributed by atoms with Crippen LogP contribution in [0.15, 0.2) is 36.4 Å². The summed E-state index contributed by atoms with van der Waals surface area (Å²) in [6.07, 6.45) is 2.10. The number of hydrogen-bond acceptors (Lipinski definition) is 5. The molecule has 0 atom stereocenters. The molecule has 6 heteroatoms. The number of aryl methyl sites for hydroxylation is 1. The fourth-order valence-corrected chi connectivity index (χ4v) is 2.40. The molecule has 0 radical (unpaired) electrons. The van der Waals surface area contributed by atoms with Crippen LogP contribution in [0, 0.1) is 6.92 Å². The van der Waals surface area contributed by atoms with Gasteiger partial charge in [0, 0.05) is 13.1 Å². The van der Waals surface area contributed by atoms with Crippen molar-refractivity contribution in [2.24, 2.45) is 0 Å². The predicted molar refractivity (Wildman–Crippen MR) is 100 cm³/mol. The van der Waals surface area contributed by atoms with Crippen LogP contribution in [0.3, 0.4) is 0 Å². The van der Waals surface area contributed by atoms with E-state index in [4.69, 9.17) is 4.74 Å². The highest BCUT2D eigenvalue weighted by molar-refractivity contribution is 5.90. The molecule has 0 saturated carbocycles. The third kappa shape index (κ3) is 6.06. The lowest BCUT2D eigenvalue weighted by Crippen LogP contribution is -2.26. The number of carbonyl (C=O) groups is 1. The standard InChI is InChI=1S/C19H26N4O2/c1-4-12-23(13-5-2)18-11-10-17(21-22-18)20-19(24)14-25-16-8-6-15(3)7-9-16/h6-11H,4-5,12-14H2,1-3H3,(H,20,21,24). The van der Waals surface area contributed by atoms with E-state index in [-0.39, 0.29) is 12.5 Å². The van der Waals surface area contributed by atoms with Crippen molar-refractivity contribution in [3.63, 3.8) is 0 Å². The number of aromatic nitrogens is 2. The zero-order valence-electron chi connectivity index (χ0n) is 15.2. The predicted octanol–water partition coefficient (Wildman–Crippen LogP) is 3.43. The summed E-state index contributed by atoms with van der Waals surface area (Å²) in [5, 5.41) is 11.0. The summed E-state index contributed by atoms with van der Waals surface area (Å²) in [6.45, 7) is 8.10. The summed E-state index contributed by atoms with van der Waals surface area (Å²) in [5.74, 6) is 1.66. The maximum Gasteiger partial charge on any atom is 0.263 e. The van der Waals surface area contributed by atoms with E-state index < -0.39 is 0 Å². The van der Waals surface area contributed by atoms with Crippen molar-refractivity contribution >= 4 is 17.5 Å². The molecule has 1 aromatic heterocycles. The molecule has 0 unspecified atom stereocenters. The van der Waals surface area contributed by atoms with Gasteiger partial charge in [0.15, 0.2) is 18.2 Å². The topological polar surface area (TPSA) is 67.4 Å². The van der Waals surface area contributed by atoms with Crippen LogP contribution in [0.2, 0.25) is 0 Å². The second kappa shape index (κ2) is 9.61. The Morgan fingerprint density at radius 2 is 1.72 bits per heavy atom. The summed E-state index contributed by atoms with van der Waals surface area (Å²) in [6, 6.07) is 11.2. The lowest BCUT2D eigenvalue weighted by Gasteiger charge is -2.21. The SMILES string of the molecule is CCCN(CCC)c1ccc(NC(=O)COc2ccc(C)cc2)nn1. The summed E-state index contributed by atoms with van der Waals surface area (Å²) < 4.78 is 5.45. The third-order valence-electron chi connectivity index (χ3n) is 3.62. The van der Waals surface area contributed by atoms with Crippen LogP contribution >= 0.6 is 0 Å². The number of hydrogen-bond donors (Lipinski definition) is 1. The van der Waals surface area contributed by atoms with Crippen LogP contribution in [0.25, 0.3) is 0 Å². The molecule has 6 nitrogen and oxygen atoms in total. The van der Waals surface area contributed by atoms with E-state index in [1.54, 1.807) is 6.07 Å². The number of ether oxygens (including phenoxy) is 1. The minimum Gasteiger partial charge on any atom is -0.484 e. The van der Waals surface area contributed by atoms with Crippen molar-refractivity contribution in [3.05, 3.63) is 42.0 Å². The maximum absolute atomic E-state index is 12.0. The normalized spacial score (nSPS) is 10.4. The molecule has 0 saturated heterocycles. The van der Waals surface area contributed by atoms with Gasteiger partial charge in [-0.3, -0.25) is 4.79 Å². The highest BCUT2D eigenvalue weighted by atomic mass is 16.5. The number of carbonyl (C=O) groups excluding carboxylic acids is 1. The number of benzene rings is 1. The Hall–Kier alpha value is -2.63. The monoisotopic (exact) mass is 342 g/mol. The second-order valence-corrected chi connectivity index (χ2v) is 5.91. The molecular weight excluding hydrogens is 316 g/mol. The van der Waals surface area contributed by atoms with E-state index in [2.05, 4.69) is 34.3 Å². The summed E-state index contributed by atoms with van der Waals surface area (Å²) >= 11 is 0. The Labute approximate surface area is 149 Å². The summed E-state index contributed by atoms with van der Waals surface area (Å²) in [4.78, 5) is 14.2. The summed E-state index contributed by atoms with van der Waals surface area (Å²) in [7, 11) is 0. The van der Waals surface area contributed by atoms with Crippen LogP contribution in [-0.4, -0.2) is 35.8 Å². The first-order valence-corrected chi connectivity index (χ1v) is 8.70. The Morgan fingerprint density at radius 3 is 2.28 bits per heavy atom. The lowest BCUT2D eigenvalue weighted by atomic mass is 10.2. The van der Waals surface area contributed by atoms with Gasteiger partial charge >= 0.3 is 0 Å².